The van der Waals surface area contributed by atoms with Gasteiger partial charge in [0.15, 0.2) is 0 Å². The number of nitrogens with one attached hydrogen (secondary N) is 1. The Bertz CT molecular complexity index is 520. The van der Waals surface area contributed by atoms with Crippen molar-refractivity contribution in [1.29, 1.82) is 0 Å². The Morgan fingerprint density at radius 2 is 2.32 bits per heavy atom. The Morgan fingerprint density at radius 1 is 1.47 bits per heavy atom. The molecule has 19 heavy (non-hydrogen) atoms. The van der Waals surface area contributed by atoms with Crippen molar-refractivity contribution in [2.45, 2.75) is 25.8 Å². The molecule has 0 spiro atoms. The van der Waals surface area contributed by atoms with E-state index in [0.29, 0.717) is 5.82 Å². The predicted octanol–water partition coefficient (Wildman–Crippen LogP) is 1.68. The average Bonchev–Trinajstić information content (AvgIpc) is 2.83. The second-order valence-corrected chi connectivity index (χ2v) is 4.69. The molecule has 0 aliphatic carbocycles. The highest BCUT2D eigenvalue weighted by Gasteiger charge is 2.16. The SMILES string of the molecule is CCCNC(Cc1cccnc1N)c1cncn1C. The van der Waals surface area contributed by atoms with Crippen LogP contribution in [0.3, 0.4) is 0 Å². The maximum absolute atomic E-state index is 5.93. The molecular weight excluding hydrogens is 238 g/mol. The zero-order chi connectivity index (χ0) is 13.7. The molecule has 0 aliphatic rings. The monoisotopic (exact) mass is 259 g/mol. The topological polar surface area (TPSA) is 68.8 Å². The number of nitrogens with two attached hydrogens (primary N) is 1. The molecule has 1 unspecified atom stereocenters. The van der Waals surface area contributed by atoms with Gasteiger partial charge in [0.05, 0.1) is 18.1 Å². The maximum Gasteiger partial charge on any atom is 0.126 e. The Hall–Kier alpha value is -1.88. The first-order chi connectivity index (χ1) is 9.22. The van der Waals surface area contributed by atoms with Crippen LogP contribution in [0.25, 0.3) is 0 Å². The van der Waals surface area contributed by atoms with Crippen molar-refractivity contribution in [3.8, 4) is 0 Å². The molecule has 2 rings (SSSR count). The van der Waals surface area contributed by atoms with Crippen LogP contribution < -0.4 is 11.1 Å². The molecule has 1 atom stereocenters. The lowest BCUT2D eigenvalue weighted by molar-refractivity contribution is 0.504. The number of anilines is 1. The number of nitrogen functional groups attached to an aromatic ring is 1. The van der Waals surface area contributed by atoms with E-state index in [-0.39, 0.29) is 6.04 Å². The summed E-state index contributed by atoms with van der Waals surface area (Å²) >= 11 is 0. The first-order valence-electron chi connectivity index (χ1n) is 6.61. The number of pyridine rings is 1. The Balaban J connectivity index is 2.19. The lowest BCUT2D eigenvalue weighted by Gasteiger charge is -2.19. The van der Waals surface area contributed by atoms with Gasteiger partial charge in [-0.1, -0.05) is 13.0 Å². The zero-order valence-corrected chi connectivity index (χ0v) is 11.5. The van der Waals surface area contributed by atoms with Crippen LogP contribution in [0.1, 0.15) is 30.6 Å². The second kappa shape index (κ2) is 6.33. The van der Waals surface area contributed by atoms with E-state index < -0.39 is 0 Å². The highest BCUT2D eigenvalue weighted by molar-refractivity contribution is 5.39. The van der Waals surface area contributed by atoms with Crippen LogP contribution >= 0.6 is 0 Å². The molecule has 2 aromatic rings. The van der Waals surface area contributed by atoms with E-state index in [0.717, 1.165) is 30.6 Å². The van der Waals surface area contributed by atoms with E-state index >= 15 is 0 Å². The largest absolute Gasteiger partial charge is 0.383 e. The van der Waals surface area contributed by atoms with E-state index in [9.17, 15) is 0 Å². The van der Waals surface area contributed by atoms with Crippen molar-refractivity contribution in [2.24, 2.45) is 7.05 Å². The average molecular weight is 259 g/mol. The van der Waals surface area contributed by atoms with Gasteiger partial charge < -0.3 is 15.6 Å². The van der Waals surface area contributed by atoms with Crippen molar-refractivity contribution in [1.82, 2.24) is 19.9 Å². The van der Waals surface area contributed by atoms with Gasteiger partial charge in [-0.25, -0.2) is 9.97 Å². The fraction of sp³-hybridized carbons (Fsp3) is 0.429. The fourth-order valence-electron chi connectivity index (χ4n) is 2.15. The molecule has 5 heteroatoms. The summed E-state index contributed by atoms with van der Waals surface area (Å²) in [6, 6.07) is 4.16. The van der Waals surface area contributed by atoms with Crippen LogP contribution in [-0.2, 0) is 13.5 Å². The molecule has 0 radical (unpaired) electrons. The molecule has 0 aromatic carbocycles. The number of aromatic nitrogens is 3. The quantitative estimate of drug-likeness (QED) is 0.828. The first kappa shape index (κ1) is 13.5. The summed E-state index contributed by atoms with van der Waals surface area (Å²) in [5.41, 5.74) is 8.16. The second-order valence-electron chi connectivity index (χ2n) is 4.69. The standard InChI is InChI=1S/C14H21N5/c1-3-6-17-12(13-9-16-10-19(13)2)8-11-5-4-7-18-14(11)15/h4-5,7,9-10,12,17H,3,6,8H2,1-2H3,(H2,15,18). The Morgan fingerprint density at radius 3 is 2.95 bits per heavy atom. The maximum atomic E-state index is 5.93. The van der Waals surface area contributed by atoms with E-state index in [1.165, 1.54) is 0 Å². The molecule has 0 bridgehead atoms. The third-order valence-corrected chi connectivity index (χ3v) is 3.20. The highest BCUT2D eigenvalue weighted by Crippen LogP contribution is 2.20. The number of hydrogen-bond acceptors (Lipinski definition) is 4. The van der Waals surface area contributed by atoms with E-state index in [4.69, 9.17) is 5.73 Å². The highest BCUT2D eigenvalue weighted by atomic mass is 15.1. The summed E-state index contributed by atoms with van der Waals surface area (Å²) in [6.45, 7) is 3.13. The minimum Gasteiger partial charge on any atom is -0.383 e. The van der Waals surface area contributed by atoms with E-state index in [1.54, 1.807) is 6.20 Å². The van der Waals surface area contributed by atoms with Gasteiger partial charge in [0.2, 0.25) is 0 Å². The van der Waals surface area contributed by atoms with E-state index in [1.807, 2.05) is 36.3 Å². The lowest BCUT2D eigenvalue weighted by Crippen LogP contribution is -2.26. The van der Waals surface area contributed by atoms with Crippen molar-refractivity contribution >= 4 is 5.82 Å². The van der Waals surface area contributed by atoms with Gasteiger partial charge in [-0.3, -0.25) is 0 Å². The number of rotatable bonds is 6. The van der Waals surface area contributed by atoms with Crippen LogP contribution in [0.5, 0.6) is 0 Å². The van der Waals surface area contributed by atoms with Crippen molar-refractivity contribution in [3.05, 3.63) is 42.1 Å². The Labute approximate surface area is 113 Å². The molecule has 0 amide bonds. The molecule has 0 fully saturated rings. The van der Waals surface area contributed by atoms with Gasteiger partial charge >= 0.3 is 0 Å². The number of nitrogens with zero attached hydrogens (tertiary/aromatic N) is 3. The summed E-state index contributed by atoms with van der Waals surface area (Å²) in [4.78, 5) is 8.33. The van der Waals surface area contributed by atoms with Gasteiger partial charge in [-0.15, -0.1) is 0 Å². The number of aryl methyl sites for hydroxylation is 1. The summed E-state index contributed by atoms with van der Waals surface area (Å²) in [5, 5.41) is 3.54. The summed E-state index contributed by atoms with van der Waals surface area (Å²) in [5.74, 6) is 0.605. The third kappa shape index (κ3) is 3.32. The number of hydrogen-bond donors (Lipinski definition) is 2. The molecule has 2 heterocycles. The van der Waals surface area contributed by atoms with Crippen molar-refractivity contribution in [3.63, 3.8) is 0 Å². The third-order valence-electron chi connectivity index (χ3n) is 3.20. The predicted molar refractivity (Wildman–Crippen MR) is 76.6 cm³/mol. The number of imidazole rings is 1. The lowest BCUT2D eigenvalue weighted by atomic mass is 10.0. The van der Waals surface area contributed by atoms with Crippen LogP contribution in [-0.4, -0.2) is 21.1 Å². The zero-order valence-electron chi connectivity index (χ0n) is 11.5. The van der Waals surface area contributed by atoms with Gasteiger partial charge in [-0.2, -0.15) is 0 Å². The van der Waals surface area contributed by atoms with Gasteiger partial charge in [0.25, 0.3) is 0 Å². The van der Waals surface area contributed by atoms with Gasteiger partial charge in [0, 0.05) is 19.4 Å². The summed E-state index contributed by atoms with van der Waals surface area (Å²) in [7, 11) is 2.01. The molecular formula is C14H21N5. The molecule has 102 valence electrons. The van der Waals surface area contributed by atoms with Crippen LogP contribution in [0, 0.1) is 0 Å². The molecule has 5 nitrogen and oxygen atoms in total. The summed E-state index contributed by atoms with van der Waals surface area (Å²) < 4.78 is 2.04. The van der Waals surface area contributed by atoms with Crippen molar-refractivity contribution in [2.75, 3.05) is 12.3 Å². The minimum atomic E-state index is 0.207. The fourth-order valence-corrected chi connectivity index (χ4v) is 2.15. The van der Waals surface area contributed by atoms with Crippen LogP contribution in [0.2, 0.25) is 0 Å². The molecule has 3 N–H and O–H groups in total. The van der Waals surface area contributed by atoms with Crippen LogP contribution in [0.4, 0.5) is 5.82 Å². The summed E-state index contributed by atoms with van der Waals surface area (Å²) in [6.07, 6.45) is 7.36. The smallest absolute Gasteiger partial charge is 0.126 e. The van der Waals surface area contributed by atoms with E-state index in [2.05, 4.69) is 22.2 Å². The Kier molecular flexibility index (Phi) is 4.52. The molecule has 2 aromatic heterocycles. The molecule has 0 saturated carbocycles. The minimum absolute atomic E-state index is 0.207. The van der Waals surface area contributed by atoms with Gasteiger partial charge in [0.1, 0.15) is 5.82 Å². The molecule has 0 aliphatic heterocycles. The van der Waals surface area contributed by atoms with Gasteiger partial charge in [-0.05, 0) is 31.0 Å². The molecule has 0 saturated heterocycles. The van der Waals surface area contributed by atoms with Crippen molar-refractivity contribution < 1.29 is 0 Å². The first-order valence-corrected chi connectivity index (χ1v) is 6.61. The van der Waals surface area contributed by atoms with Crippen LogP contribution in [0.15, 0.2) is 30.9 Å². The normalized spacial score (nSPS) is 12.5.